The number of carbonyl (C=O) groups is 1. The minimum absolute atomic E-state index is 0.465. The van der Waals surface area contributed by atoms with Gasteiger partial charge in [0, 0.05) is 6.20 Å². The lowest BCUT2D eigenvalue weighted by molar-refractivity contribution is 0.169. The maximum absolute atomic E-state index is 10.7. The molecular weight excluding hydrogens is 132 g/mol. The maximum atomic E-state index is 10.7. The van der Waals surface area contributed by atoms with Gasteiger partial charge in [-0.25, -0.2) is 4.79 Å². The summed E-state index contributed by atoms with van der Waals surface area (Å²) in [5.74, 6) is 0. The van der Waals surface area contributed by atoms with Crippen LogP contribution in [0, 0.1) is 6.92 Å². The van der Waals surface area contributed by atoms with Crippen LogP contribution in [0.25, 0.3) is 0 Å². The summed E-state index contributed by atoms with van der Waals surface area (Å²) >= 11 is 0. The Morgan fingerprint density at radius 2 is 2.50 bits per heavy atom. The van der Waals surface area contributed by atoms with Crippen LogP contribution in [0.3, 0.4) is 0 Å². The molecule has 0 fully saturated rings. The molecule has 1 heterocycles. The molecule has 4 heteroatoms. The predicted molar refractivity (Wildman–Crippen MR) is 34.8 cm³/mol. The average molecular weight is 140 g/mol. The first-order valence-electron chi connectivity index (χ1n) is 2.83. The van der Waals surface area contributed by atoms with E-state index in [2.05, 4.69) is 9.84 Å². The van der Waals surface area contributed by atoms with Gasteiger partial charge in [-0.1, -0.05) is 0 Å². The zero-order valence-corrected chi connectivity index (χ0v) is 5.87. The first kappa shape index (κ1) is 6.80. The summed E-state index contributed by atoms with van der Waals surface area (Å²) in [5.41, 5.74) is 0.936. The Hall–Kier alpha value is -1.32. The largest absolute Gasteiger partial charge is 0.451 e. The molecule has 54 valence electrons. The zero-order chi connectivity index (χ0) is 7.56. The summed E-state index contributed by atoms with van der Waals surface area (Å²) in [4.78, 5) is 10.7. The second kappa shape index (κ2) is 2.51. The highest BCUT2D eigenvalue weighted by molar-refractivity contribution is 5.68. The molecule has 1 aromatic heterocycles. The number of ether oxygens (including phenoxy) is 1. The van der Waals surface area contributed by atoms with Crippen LogP contribution in [0.2, 0.25) is 0 Å². The van der Waals surface area contributed by atoms with E-state index in [1.54, 1.807) is 12.4 Å². The van der Waals surface area contributed by atoms with Crippen LogP contribution in [0.4, 0.5) is 4.79 Å². The molecule has 0 aliphatic rings. The molecule has 0 amide bonds. The van der Waals surface area contributed by atoms with Crippen molar-refractivity contribution in [1.29, 1.82) is 0 Å². The van der Waals surface area contributed by atoms with E-state index >= 15 is 0 Å². The molecule has 0 unspecified atom stereocenters. The zero-order valence-electron chi connectivity index (χ0n) is 5.87. The van der Waals surface area contributed by atoms with Crippen LogP contribution >= 0.6 is 0 Å². The van der Waals surface area contributed by atoms with Crippen molar-refractivity contribution in [3.63, 3.8) is 0 Å². The lowest BCUT2D eigenvalue weighted by atomic mass is 10.4. The summed E-state index contributed by atoms with van der Waals surface area (Å²) in [6.45, 7) is 1.85. The lowest BCUT2D eigenvalue weighted by Crippen LogP contribution is -2.11. The monoisotopic (exact) mass is 140 g/mol. The highest BCUT2D eigenvalue weighted by Crippen LogP contribution is 1.93. The topological polar surface area (TPSA) is 44.1 Å². The predicted octanol–water partition coefficient (Wildman–Crippen LogP) is 0.806. The first-order chi connectivity index (χ1) is 4.74. The van der Waals surface area contributed by atoms with E-state index in [9.17, 15) is 4.79 Å². The number of nitrogens with zero attached hydrogens (tertiary/aromatic N) is 2. The van der Waals surface area contributed by atoms with Crippen molar-refractivity contribution in [3.8, 4) is 0 Å². The van der Waals surface area contributed by atoms with E-state index < -0.39 is 6.09 Å². The molecule has 1 aromatic rings. The molecule has 10 heavy (non-hydrogen) atoms. The Morgan fingerprint density at radius 3 is 2.90 bits per heavy atom. The maximum Gasteiger partial charge on any atom is 0.434 e. The third kappa shape index (κ3) is 1.15. The van der Waals surface area contributed by atoms with Gasteiger partial charge in [-0.3, -0.25) is 0 Å². The SMILES string of the molecule is COC(=O)n1cc(C)cn1. The van der Waals surface area contributed by atoms with Crippen molar-refractivity contribution in [3.05, 3.63) is 18.0 Å². The second-order valence-corrected chi connectivity index (χ2v) is 1.93. The van der Waals surface area contributed by atoms with Crippen molar-refractivity contribution >= 4 is 6.09 Å². The van der Waals surface area contributed by atoms with Gasteiger partial charge in [0.1, 0.15) is 0 Å². The van der Waals surface area contributed by atoms with E-state index in [0.29, 0.717) is 0 Å². The van der Waals surface area contributed by atoms with E-state index in [-0.39, 0.29) is 0 Å². The van der Waals surface area contributed by atoms with Crippen LogP contribution in [0.1, 0.15) is 5.56 Å². The first-order valence-corrected chi connectivity index (χ1v) is 2.83. The molecular formula is C6H8N2O2. The van der Waals surface area contributed by atoms with Gasteiger partial charge in [-0.05, 0) is 12.5 Å². The number of methoxy groups -OCH3 is 1. The fourth-order valence-corrected chi connectivity index (χ4v) is 0.606. The minimum Gasteiger partial charge on any atom is -0.451 e. The molecule has 0 spiro atoms. The van der Waals surface area contributed by atoms with E-state index in [1.165, 1.54) is 7.11 Å². The quantitative estimate of drug-likeness (QED) is 0.535. The van der Waals surface area contributed by atoms with Gasteiger partial charge in [-0.15, -0.1) is 0 Å². The number of carbonyl (C=O) groups excluding carboxylic acids is 1. The molecule has 0 saturated carbocycles. The van der Waals surface area contributed by atoms with Crippen molar-refractivity contribution in [2.45, 2.75) is 6.92 Å². The van der Waals surface area contributed by atoms with Crippen molar-refractivity contribution in [2.24, 2.45) is 0 Å². The Bertz CT molecular complexity index is 242. The van der Waals surface area contributed by atoms with Gasteiger partial charge in [0.15, 0.2) is 0 Å². The van der Waals surface area contributed by atoms with Crippen LogP contribution in [-0.2, 0) is 4.74 Å². The highest BCUT2D eigenvalue weighted by atomic mass is 16.5. The molecule has 0 N–H and O–H groups in total. The number of hydrogen-bond donors (Lipinski definition) is 0. The Morgan fingerprint density at radius 1 is 1.80 bits per heavy atom. The Labute approximate surface area is 58.4 Å². The van der Waals surface area contributed by atoms with Crippen LogP contribution in [0.5, 0.6) is 0 Å². The van der Waals surface area contributed by atoms with E-state index in [1.807, 2.05) is 6.92 Å². The normalized spacial score (nSPS) is 9.40. The molecule has 0 aliphatic heterocycles. The van der Waals surface area contributed by atoms with Crippen molar-refractivity contribution in [2.75, 3.05) is 7.11 Å². The molecule has 0 atom stereocenters. The summed E-state index contributed by atoms with van der Waals surface area (Å²) in [7, 11) is 1.32. The van der Waals surface area contributed by atoms with Crippen molar-refractivity contribution < 1.29 is 9.53 Å². The fourth-order valence-electron chi connectivity index (χ4n) is 0.606. The summed E-state index contributed by atoms with van der Waals surface area (Å²) < 4.78 is 5.56. The third-order valence-electron chi connectivity index (χ3n) is 1.07. The Balaban J connectivity index is 2.85. The molecule has 0 bridgehead atoms. The highest BCUT2D eigenvalue weighted by Gasteiger charge is 2.02. The second-order valence-electron chi connectivity index (χ2n) is 1.93. The number of aryl methyl sites for hydroxylation is 1. The lowest BCUT2D eigenvalue weighted by Gasteiger charge is -1.94. The van der Waals surface area contributed by atoms with Gasteiger partial charge in [0.05, 0.1) is 13.3 Å². The van der Waals surface area contributed by atoms with Crippen LogP contribution in [0.15, 0.2) is 12.4 Å². The smallest absolute Gasteiger partial charge is 0.434 e. The summed E-state index contributed by atoms with van der Waals surface area (Å²) in [6.07, 6.45) is 2.73. The molecule has 0 aliphatic carbocycles. The van der Waals surface area contributed by atoms with Gasteiger partial charge >= 0.3 is 6.09 Å². The van der Waals surface area contributed by atoms with Gasteiger partial charge < -0.3 is 4.74 Å². The molecule has 1 rings (SSSR count). The molecule has 4 nitrogen and oxygen atoms in total. The number of hydrogen-bond acceptors (Lipinski definition) is 3. The number of rotatable bonds is 0. The number of aromatic nitrogens is 2. The van der Waals surface area contributed by atoms with Gasteiger partial charge in [0.2, 0.25) is 0 Å². The van der Waals surface area contributed by atoms with Crippen LogP contribution in [-0.4, -0.2) is 23.0 Å². The fraction of sp³-hybridized carbons (Fsp3) is 0.333. The molecule has 0 radical (unpaired) electrons. The summed E-state index contributed by atoms with van der Waals surface area (Å²) in [5, 5.41) is 3.73. The summed E-state index contributed by atoms with van der Waals surface area (Å²) in [6, 6.07) is 0. The molecule has 0 aromatic carbocycles. The van der Waals surface area contributed by atoms with Gasteiger partial charge in [-0.2, -0.15) is 9.78 Å². The average Bonchev–Trinajstić information content (AvgIpc) is 2.34. The van der Waals surface area contributed by atoms with E-state index in [4.69, 9.17) is 0 Å². The van der Waals surface area contributed by atoms with Crippen LogP contribution < -0.4 is 0 Å². The Kier molecular flexibility index (Phi) is 1.71. The standard InChI is InChI=1S/C6H8N2O2/c1-5-3-7-8(4-5)6(9)10-2/h3-4H,1-2H3. The van der Waals surface area contributed by atoms with Crippen molar-refractivity contribution in [1.82, 2.24) is 9.78 Å². The molecule has 0 saturated heterocycles. The third-order valence-corrected chi connectivity index (χ3v) is 1.07. The minimum atomic E-state index is -0.465. The van der Waals surface area contributed by atoms with E-state index in [0.717, 1.165) is 10.2 Å². The van der Waals surface area contributed by atoms with Gasteiger partial charge in [0.25, 0.3) is 0 Å².